The predicted molar refractivity (Wildman–Crippen MR) is 99.7 cm³/mol. The average molecular weight is 415 g/mol. The van der Waals surface area contributed by atoms with Crippen molar-refractivity contribution in [3.63, 3.8) is 0 Å². The number of rotatable bonds is 7. The van der Waals surface area contributed by atoms with E-state index in [1.54, 1.807) is 0 Å². The van der Waals surface area contributed by atoms with E-state index >= 15 is 0 Å². The fourth-order valence-electron chi connectivity index (χ4n) is 2.63. The fourth-order valence-corrected chi connectivity index (χ4v) is 3.39. The lowest BCUT2D eigenvalue weighted by Crippen LogP contribution is -2.23. The van der Waals surface area contributed by atoms with Crippen molar-refractivity contribution in [2.75, 3.05) is 26.0 Å². The van der Waals surface area contributed by atoms with E-state index in [0.29, 0.717) is 5.69 Å². The van der Waals surface area contributed by atoms with Crippen molar-refractivity contribution in [2.45, 2.75) is 17.5 Å². The Morgan fingerprint density at radius 3 is 2.36 bits per heavy atom. The molecule has 0 radical (unpaired) electrons. The van der Waals surface area contributed by atoms with Gasteiger partial charge in [-0.25, -0.2) is 13.1 Å². The minimum absolute atomic E-state index is 0.0689. The molecule has 0 aliphatic heterocycles. The Balaban J connectivity index is 2.24. The molecule has 6 nitrogen and oxygen atoms in total. The van der Waals surface area contributed by atoms with E-state index < -0.39 is 27.7 Å². The molecule has 0 aromatic heterocycles. The van der Waals surface area contributed by atoms with Gasteiger partial charge in [0.2, 0.25) is 10.0 Å². The van der Waals surface area contributed by atoms with Crippen LogP contribution in [0.4, 0.5) is 18.9 Å². The second-order valence-corrected chi connectivity index (χ2v) is 7.71. The maximum absolute atomic E-state index is 13.1. The Hall–Kier alpha value is -2.59. The molecule has 0 aliphatic rings. The van der Waals surface area contributed by atoms with Gasteiger partial charge >= 0.3 is 6.18 Å². The number of alkyl halides is 3. The number of hydrogen-bond donors (Lipinski definition) is 3. The van der Waals surface area contributed by atoms with Crippen LogP contribution in [0.3, 0.4) is 0 Å². The fraction of sp³-hybridized carbons (Fsp3) is 0.278. The monoisotopic (exact) mass is 415 g/mol. The Bertz CT molecular complexity index is 960. The lowest BCUT2D eigenvalue weighted by molar-refractivity contribution is -0.138. The van der Waals surface area contributed by atoms with E-state index in [1.807, 2.05) is 0 Å². The molecule has 0 spiro atoms. The third-order valence-electron chi connectivity index (χ3n) is 4.07. The Labute approximate surface area is 161 Å². The second-order valence-electron chi connectivity index (χ2n) is 5.83. The van der Waals surface area contributed by atoms with Gasteiger partial charge in [-0.3, -0.25) is 4.79 Å². The molecule has 0 aliphatic carbocycles. The zero-order chi connectivity index (χ0) is 20.9. The molecule has 2 aromatic rings. The van der Waals surface area contributed by atoms with Gasteiger partial charge in [0, 0.05) is 19.3 Å². The molecule has 10 heteroatoms. The van der Waals surface area contributed by atoms with Crippen LogP contribution in [-0.4, -0.2) is 35.0 Å². The average Bonchev–Trinajstić information content (AvgIpc) is 2.67. The van der Waals surface area contributed by atoms with E-state index in [1.165, 1.54) is 50.5 Å². The molecule has 0 atom stereocenters. The van der Waals surface area contributed by atoms with Crippen molar-refractivity contribution in [1.82, 2.24) is 10.0 Å². The summed E-state index contributed by atoms with van der Waals surface area (Å²) in [5.41, 5.74) is -0.195. The molecule has 0 saturated heterocycles. The van der Waals surface area contributed by atoms with Crippen molar-refractivity contribution in [3.05, 3.63) is 59.2 Å². The molecular weight excluding hydrogens is 395 g/mol. The first kappa shape index (κ1) is 21.7. The number of halogens is 3. The maximum Gasteiger partial charge on any atom is 0.416 e. The van der Waals surface area contributed by atoms with Gasteiger partial charge in [-0.2, -0.15) is 13.2 Å². The molecule has 28 heavy (non-hydrogen) atoms. The van der Waals surface area contributed by atoms with E-state index in [4.69, 9.17) is 0 Å². The molecule has 0 unspecified atom stereocenters. The van der Waals surface area contributed by atoms with Crippen LogP contribution in [0, 0.1) is 0 Å². The molecule has 152 valence electrons. The number of amides is 1. The number of nitrogens with one attached hydrogen (secondary N) is 3. The van der Waals surface area contributed by atoms with Crippen molar-refractivity contribution >= 4 is 21.6 Å². The summed E-state index contributed by atoms with van der Waals surface area (Å²) in [5.74, 6) is -0.522. The number of carbonyl (C=O) groups is 1. The summed E-state index contributed by atoms with van der Waals surface area (Å²) >= 11 is 0. The molecule has 1 amide bonds. The van der Waals surface area contributed by atoms with Crippen LogP contribution in [0.2, 0.25) is 0 Å². The molecule has 2 rings (SSSR count). The van der Waals surface area contributed by atoms with Crippen LogP contribution < -0.4 is 15.4 Å². The molecule has 2 aromatic carbocycles. The third-order valence-corrected chi connectivity index (χ3v) is 5.49. The number of anilines is 1. The number of sulfonamides is 1. The van der Waals surface area contributed by atoms with Gasteiger partial charge in [-0.15, -0.1) is 0 Å². The van der Waals surface area contributed by atoms with Crippen molar-refractivity contribution in [1.29, 1.82) is 0 Å². The minimum atomic E-state index is -4.45. The van der Waals surface area contributed by atoms with Crippen LogP contribution in [0.1, 0.15) is 21.5 Å². The lowest BCUT2D eigenvalue weighted by atomic mass is 10.0. The second kappa shape index (κ2) is 8.61. The molecule has 0 heterocycles. The molecule has 0 fully saturated rings. The van der Waals surface area contributed by atoms with Crippen molar-refractivity contribution in [2.24, 2.45) is 0 Å². The summed E-state index contributed by atoms with van der Waals surface area (Å²) in [6.45, 7) is 0.120. The Kier molecular flexibility index (Phi) is 6.68. The van der Waals surface area contributed by atoms with Crippen LogP contribution in [-0.2, 0) is 22.6 Å². The number of benzene rings is 2. The van der Waals surface area contributed by atoms with E-state index in [0.717, 1.165) is 6.07 Å². The highest BCUT2D eigenvalue weighted by Gasteiger charge is 2.32. The Morgan fingerprint density at radius 1 is 1.07 bits per heavy atom. The molecule has 0 bridgehead atoms. The normalized spacial score (nSPS) is 11.9. The highest BCUT2D eigenvalue weighted by atomic mass is 32.2. The smallest absolute Gasteiger partial charge is 0.384 e. The first-order valence-electron chi connectivity index (χ1n) is 8.29. The lowest BCUT2D eigenvalue weighted by Gasteiger charge is -2.15. The van der Waals surface area contributed by atoms with Gasteiger partial charge in [-0.1, -0.05) is 18.2 Å². The van der Waals surface area contributed by atoms with Gasteiger partial charge in [0.05, 0.1) is 16.0 Å². The summed E-state index contributed by atoms with van der Waals surface area (Å²) in [4.78, 5) is 12.0. The van der Waals surface area contributed by atoms with Gasteiger partial charge in [0.1, 0.15) is 0 Å². The first-order chi connectivity index (χ1) is 13.1. The third kappa shape index (κ3) is 5.02. The summed E-state index contributed by atoms with van der Waals surface area (Å²) < 4.78 is 65.2. The quantitative estimate of drug-likeness (QED) is 0.649. The topological polar surface area (TPSA) is 87.3 Å². The number of hydrogen-bond acceptors (Lipinski definition) is 4. The largest absolute Gasteiger partial charge is 0.416 e. The van der Waals surface area contributed by atoms with Gasteiger partial charge in [-0.05, 0) is 43.3 Å². The van der Waals surface area contributed by atoms with Gasteiger partial charge in [0.25, 0.3) is 5.91 Å². The van der Waals surface area contributed by atoms with Crippen LogP contribution >= 0.6 is 0 Å². The van der Waals surface area contributed by atoms with Gasteiger partial charge in [0.15, 0.2) is 0 Å². The SMILES string of the molecule is CNC(=O)c1cc(S(=O)(=O)NC)ccc1NCCc1ccccc1C(F)(F)F. The van der Waals surface area contributed by atoms with E-state index in [9.17, 15) is 26.4 Å². The summed E-state index contributed by atoms with van der Waals surface area (Å²) in [5, 5.41) is 5.32. The van der Waals surface area contributed by atoms with Crippen molar-refractivity contribution in [3.8, 4) is 0 Å². The van der Waals surface area contributed by atoms with Crippen LogP contribution in [0.5, 0.6) is 0 Å². The Morgan fingerprint density at radius 2 is 1.75 bits per heavy atom. The molecule has 0 saturated carbocycles. The summed E-state index contributed by atoms with van der Waals surface area (Å²) in [6, 6.07) is 9.18. The zero-order valence-corrected chi connectivity index (χ0v) is 16.0. The highest BCUT2D eigenvalue weighted by Crippen LogP contribution is 2.32. The summed E-state index contributed by atoms with van der Waals surface area (Å²) in [6.07, 6.45) is -4.38. The molecular formula is C18H20F3N3O3S. The summed E-state index contributed by atoms with van der Waals surface area (Å²) in [7, 11) is -1.10. The first-order valence-corrected chi connectivity index (χ1v) is 9.77. The van der Waals surface area contributed by atoms with Crippen LogP contribution in [0.25, 0.3) is 0 Å². The maximum atomic E-state index is 13.1. The van der Waals surface area contributed by atoms with E-state index in [2.05, 4.69) is 15.4 Å². The van der Waals surface area contributed by atoms with Crippen molar-refractivity contribution < 1.29 is 26.4 Å². The predicted octanol–water partition coefficient (Wildman–Crippen LogP) is 2.63. The number of carbonyl (C=O) groups excluding carboxylic acids is 1. The van der Waals surface area contributed by atoms with Gasteiger partial charge < -0.3 is 10.6 Å². The highest BCUT2D eigenvalue weighted by molar-refractivity contribution is 7.89. The standard InChI is InChI=1S/C18H20F3N3O3S/c1-22-17(25)14-11-13(28(26,27)23-2)7-8-16(14)24-10-9-12-5-3-4-6-15(12)18(19,20)21/h3-8,11,23-24H,9-10H2,1-2H3,(H,22,25). The zero-order valence-electron chi connectivity index (χ0n) is 15.2. The van der Waals surface area contributed by atoms with E-state index in [-0.39, 0.29) is 29.0 Å². The molecule has 3 N–H and O–H groups in total. The minimum Gasteiger partial charge on any atom is -0.384 e. The van der Waals surface area contributed by atoms with Crippen LogP contribution in [0.15, 0.2) is 47.4 Å².